The van der Waals surface area contributed by atoms with Crippen molar-refractivity contribution in [2.24, 2.45) is 0 Å². The van der Waals surface area contributed by atoms with Gasteiger partial charge in [-0.15, -0.1) is 0 Å². The largest absolute Gasteiger partial charge is 0.507 e. The van der Waals surface area contributed by atoms with E-state index in [0.717, 1.165) is 0 Å². The van der Waals surface area contributed by atoms with Crippen LogP contribution in [0.15, 0.2) is 18.2 Å². The molecule has 88 valence electrons. The molecule has 0 aromatic heterocycles. The van der Waals surface area contributed by atoms with E-state index >= 15 is 0 Å². The lowest BCUT2D eigenvalue weighted by Gasteiger charge is -2.11. The number of aromatic hydroxyl groups is 1. The number of anilines is 1. The van der Waals surface area contributed by atoms with Gasteiger partial charge in [-0.2, -0.15) is 0 Å². The topological polar surface area (TPSA) is 110 Å². The molecule has 0 aliphatic heterocycles. The van der Waals surface area contributed by atoms with Crippen LogP contribution in [0.25, 0.3) is 0 Å². The Morgan fingerprint density at radius 1 is 1.44 bits per heavy atom. The molecule has 1 rings (SSSR count). The van der Waals surface area contributed by atoms with Crippen LogP contribution in [0.2, 0.25) is 0 Å². The zero-order valence-electron chi connectivity index (χ0n) is 8.42. The lowest BCUT2D eigenvalue weighted by Crippen LogP contribution is -2.23. The third-order valence-electron chi connectivity index (χ3n) is 1.98. The van der Waals surface area contributed by atoms with Crippen molar-refractivity contribution in [1.82, 2.24) is 0 Å². The van der Waals surface area contributed by atoms with Crippen molar-refractivity contribution in [2.75, 3.05) is 18.5 Å². The minimum Gasteiger partial charge on any atom is -0.507 e. The van der Waals surface area contributed by atoms with Crippen LogP contribution in [-0.2, 0) is 0 Å². The molecule has 6 nitrogen and oxygen atoms in total. The number of aliphatic hydroxyl groups excluding tert-OH is 2. The second kappa shape index (κ2) is 5.34. The molecule has 0 saturated carbocycles. The van der Waals surface area contributed by atoms with E-state index in [2.05, 4.69) is 5.32 Å². The zero-order chi connectivity index (χ0) is 12.1. The van der Waals surface area contributed by atoms with Gasteiger partial charge in [0.2, 0.25) is 0 Å². The van der Waals surface area contributed by atoms with Crippen LogP contribution in [0.5, 0.6) is 5.75 Å². The summed E-state index contributed by atoms with van der Waals surface area (Å²) < 4.78 is 0. The summed E-state index contributed by atoms with van der Waals surface area (Å²) in [5.41, 5.74) is 0.228. The minimum absolute atomic E-state index is 0.0976. The summed E-state index contributed by atoms with van der Waals surface area (Å²) >= 11 is 0. The molecule has 0 spiro atoms. The number of rotatable bonds is 5. The monoisotopic (exact) mass is 227 g/mol. The number of hydrogen-bond acceptors (Lipinski definition) is 5. The molecule has 0 radical (unpaired) electrons. The molecule has 1 aromatic rings. The van der Waals surface area contributed by atoms with Crippen molar-refractivity contribution in [3.05, 3.63) is 23.8 Å². The molecule has 5 N–H and O–H groups in total. The molecule has 0 saturated heterocycles. The molecule has 0 heterocycles. The fraction of sp³-hybridized carbons (Fsp3) is 0.300. The van der Waals surface area contributed by atoms with Gasteiger partial charge in [0.25, 0.3) is 0 Å². The number of carbonyl (C=O) groups is 1. The molecule has 0 aliphatic rings. The summed E-state index contributed by atoms with van der Waals surface area (Å²) in [6.45, 7) is -0.281. The van der Waals surface area contributed by atoms with Crippen LogP contribution in [0.3, 0.4) is 0 Å². The van der Waals surface area contributed by atoms with Crippen molar-refractivity contribution >= 4 is 11.7 Å². The van der Waals surface area contributed by atoms with E-state index in [-0.39, 0.29) is 24.5 Å². The van der Waals surface area contributed by atoms with Gasteiger partial charge < -0.3 is 25.7 Å². The van der Waals surface area contributed by atoms with Crippen LogP contribution < -0.4 is 5.32 Å². The van der Waals surface area contributed by atoms with Crippen molar-refractivity contribution in [2.45, 2.75) is 6.10 Å². The van der Waals surface area contributed by atoms with Crippen molar-refractivity contribution in [3.63, 3.8) is 0 Å². The fourth-order valence-corrected chi connectivity index (χ4v) is 1.12. The summed E-state index contributed by atoms with van der Waals surface area (Å²) in [7, 11) is 0. The second-order valence-electron chi connectivity index (χ2n) is 3.25. The molecule has 0 fully saturated rings. The Bertz CT molecular complexity index is 379. The summed E-state index contributed by atoms with van der Waals surface area (Å²) in [5, 5.41) is 38.4. The van der Waals surface area contributed by atoms with Crippen LogP contribution >= 0.6 is 0 Å². The summed E-state index contributed by atoms with van der Waals surface area (Å²) in [6.07, 6.45) is -0.915. The molecular weight excluding hydrogens is 214 g/mol. The molecule has 1 aromatic carbocycles. The second-order valence-corrected chi connectivity index (χ2v) is 3.25. The first kappa shape index (κ1) is 12.3. The Morgan fingerprint density at radius 2 is 2.12 bits per heavy atom. The molecule has 1 unspecified atom stereocenters. The standard InChI is InChI=1S/C10H13NO5/c12-5-7(13)4-11-6-1-2-9(14)8(3-6)10(15)16/h1-3,7,11-14H,4-5H2,(H,15,16). The maximum atomic E-state index is 10.7. The predicted octanol–water partition coefficient (Wildman–Crippen LogP) is -0.145. The fourth-order valence-electron chi connectivity index (χ4n) is 1.12. The van der Waals surface area contributed by atoms with Crippen LogP contribution in [0.4, 0.5) is 5.69 Å². The molecule has 0 bridgehead atoms. The van der Waals surface area contributed by atoms with E-state index in [0.29, 0.717) is 5.69 Å². The average Bonchev–Trinajstić information content (AvgIpc) is 2.27. The number of carboxylic acid groups (broad SMARTS) is 1. The number of carboxylic acids is 1. The zero-order valence-corrected chi connectivity index (χ0v) is 8.42. The Hall–Kier alpha value is -1.79. The van der Waals surface area contributed by atoms with Gasteiger partial charge in [-0.05, 0) is 18.2 Å². The normalized spacial score (nSPS) is 12.1. The van der Waals surface area contributed by atoms with Crippen molar-refractivity contribution < 1.29 is 25.2 Å². The van der Waals surface area contributed by atoms with Gasteiger partial charge in [-0.1, -0.05) is 0 Å². The first-order valence-electron chi connectivity index (χ1n) is 4.63. The van der Waals surface area contributed by atoms with Gasteiger partial charge >= 0.3 is 5.97 Å². The van der Waals surface area contributed by atoms with Crippen LogP contribution in [0.1, 0.15) is 10.4 Å². The first-order chi connectivity index (χ1) is 7.54. The highest BCUT2D eigenvalue weighted by molar-refractivity contribution is 5.91. The van der Waals surface area contributed by atoms with E-state index < -0.39 is 12.1 Å². The summed E-state index contributed by atoms with van der Waals surface area (Å²) in [4.78, 5) is 10.7. The number of benzene rings is 1. The van der Waals surface area contributed by atoms with Gasteiger partial charge in [0, 0.05) is 12.2 Å². The van der Waals surface area contributed by atoms with Crippen LogP contribution in [0, 0.1) is 0 Å². The van der Waals surface area contributed by atoms with E-state index in [1.165, 1.54) is 18.2 Å². The Kier molecular flexibility index (Phi) is 4.10. The highest BCUT2D eigenvalue weighted by Crippen LogP contribution is 2.21. The van der Waals surface area contributed by atoms with E-state index in [9.17, 15) is 9.90 Å². The lowest BCUT2D eigenvalue weighted by molar-refractivity contribution is 0.0694. The van der Waals surface area contributed by atoms with Crippen molar-refractivity contribution in [3.8, 4) is 5.75 Å². The summed E-state index contributed by atoms with van der Waals surface area (Å²) in [5.74, 6) is -1.55. The van der Waals surface area contributed by atoms with Crippen molar-refractivity contribution in [1.29, 1.82) is 0 Å². The quantitative estimate of drug-likeness (QED) is 0.448. The number of aliphatic hydroxyl groups is 2. The van der Waals surface area contributed by atoms with Gasteiger partial charge in [-0.3, -0.25) is 0 Å². The Labute approximate surface area is 91.8 Å². The van der Waals surface area contributed by atoms with E-state index in [1.54, 1.807) is 0 Å². The highest BCUT2D eigenvalue weighted by Gasteiger charge is 2.10. The number of aromatic carboxylic acids is 1. The molecule has 16 heavy (non-hydrogen) atoms. The smallest absolute Gasteiger partial charge is 0.339 e. The predicted molar refractivity (Wildman–Crippen MR) is 56.6 cm³/mol. The summed E-state index contributed by atoms with van der Waals surface area (Å²) in [6, 6.07) is 3.98. The molecular formula is C10H13NO5. The molecule has 6 heteroatoms. The lowest BCUT2D eigenvalue weighted by atomic mass is 10.1. The number of hydrogen-bond donors (Lipinski definition) is 5. The van der Waals surface area contributed by atoms with E-state index in [1.807, 2.05) is 0 Å². The Morgan fingerprint density at radius 3 is 2.69 bits per heavy atom. The average molecular weight is 227 g/mol. The highest BCUT2D eigenvalue weighted by atomic mass is 16.4. The number of phenols is 1. The minimum atomic E-state index is -1.23. The van der Waals surface area contributed by atoms with E-state index in [4.69, 9.17) is 15.3 Å². The SMILES string of the molecule is O=C(O)c1cc(NCC(O)CO)ccc1O. The molecule has 0 amide bonds. The Balaban J connectivity index is 2.75. The molecule has 1 atom stereocenters. The first-order valence-corrected chi connectivity index (χ1v) is 4.63. The van der Waals surface area contributed by atoms with Crippen LogP contribution in [-0.4, -0.2) is 45.7 Å². The maximum absolute atomic E-state index is 10.7. The van der Waals surface area contributed by atoms with Gasteiger partial charge in [-0.25, -0.2) is 4.79 Å². The maximum Gasteiger partial charge on any atom is 0.339 e. The van der Waals surface area contributed by atoms with Gasteiger partial charge in [0.1, 0.15) is 11.3 Å². The third-order valence-corrected chi connectivity index (χ3v) is 1.98. The van der Waals surface area contributed by atoms with Gasteiger partial charge in [0.05, 0.1) is 12.7 Å². The third kappa shape index (κ3) is 3.11. The van der Waals surface area contributed by atoms with Gasteiger partial charge in [0.15, 0.2) is 0 Å². The molecule has 0 aliphatic carbocycles. The number of nitrogens with one attached hydrogen (secondary N) is 1.